The lowest BCUT2D eigenvalue weighted by Crippen LogP contribution is -2.49. The zero-order valence-corrected chi connectivity index (χ0v) is 15.9. The Balaban J connectivity index is 1.75. The van der Waals surface area contributed by atoms with Crippen LogP contribution in [0, 0.1) is 0 Å². The Hall–Kier alpha value is -2.00. The highest BCUT2D eigenvalue weighted by Crippen LogP contribution is 2.45. The molecule has 0 N–H and O–H groups in total. The molecule has 0 aliphatic heterocycles. The van der Waals surface area contributed by atoms with E-state index in [-0.39, 0.29) is 11.3 Å². The average Bonchev–Trinajstić information content (AvgIpc) is 2.56. The van der Waals surface area contributed by atoms with Crippen LogP contribution in [0.2, 0.25) is 5.02 Å². The van der Waals surface area contributed by atoms with Crippen molar-refractivity contribution in [3.63, 3.8) is 0 Å². The van der Waals surface area contributed by atoms with E-state index in [2.05, 4.69) is 29.2 Å². The van der Waals surface area contributed by atoms with Crippen LogP contribution in [-0.2, 0) is 16.8 Å². The molecule has 0 saturated heterocycles. The van der Waals surface area contributed by atoms with Gasteiger partial charge < -0.3 is 9.80 Å². The van der Waals surface area contributed by atoms with Crippen LogP contribution < -0.4 is 4.90 Å². The maximum Gasteiger partial charge on any atom is 0.233 e. The highest BCUT2D eigenvalue weighted by molar-refractivity contribution is 6.30. The first kappa shape index (κ1) is 17.8. The Kier molecular flexibility index (Phi) is 5.05. The molecule has 1 aliphatic rings. The number of likely N-dealkylation sites (N-methyl/N-ethyl adjacent to an activating group) is 1. The molecule has 25 heavy (non-hydrogen) atoms. The van der Waals surface area contributed by atoms with Gasteiger partial charge in [0.1, 0.15) is 0 Å². The summed E-state index contributed by atoms with van der Waals surface area (Å²) in [5, 5.41) is 0.708. The zero-order chi connectivity index (χ0) is 18.0. The van der Waals surface area contributed by atoms with Gasteiger partial charge in [-0.25, -0.2) is 0 Å². The second kappa shape index (κ2) is 7.09. The van der Waals surface area contributed by atoms with Crippen molar-refractivity contribution < 1.29 is 4.79 Å². The molecule has 0 heterocycles. The van der Waals surface area contributed by atoms with E-state index in [1.54, 1.807) is 0 Å². The van der Waals surface area contributed by atoms with E-state index in [1.807, 2.05) is 50.3 Å². The van der Waals surface area contributed by atoms with Crippen molar-refractivity contribution in [1.29, 1.82) is 0 Å². The summed E-state index contributed by atoms with van der Waals surface area (Å²) in [6, 6.07) is 16.1. The number of amides is 1. The van der Waals surface area contributed by atoms with E-state index in [4.69, 9.17) is 11.6 Å². The highest BCUT2D eigenvalue weighted by Gasteiger charge is 2.46. The molecule has 2 aromatic rings. The van der Waals surface area contributed by atoms with E-state index in [0.717, 1.165) is 36.1 Å². The minimum absolute atomic E-state index is 0.206. The van der Waals surface area contributed by atoms with Gasteiger partial charge in [0, 0.05) is 38.4 Å². The molecule has 0 spiro atoms. The fourth-order valence-corrected chi connectivity index (χ4v) is 3.66. The van der Waals surface area contributed by atoms with Gasteiger partial charge in [-0.15, -0.1) is 0 Å². The minimum Gasteiger partial charge on any atom is -0.378 e. The van der Waals surface area contributed by atoms with Gasteiger partial charge >= 0.3 is 0 Å². The number of anilines is 1. The number of halogens is 1. The Bertz CT molecular complexity index is 733. The van der Waals surface area contributed by atoms with Crippen LogP contribution in [-0.4, -0.2) is 32.0 Å². The number of carbonyl (C=O) groups is 1. The Morgan fingerprint density at radius 2 is 1.60 bits per heavy atom. The smallest absolute Gasteiger partial charge is 0.233 e. The third-order valence-electron chi connectivity index (χ3n) is 5.23. The molecular formula is C21H25ClN2O. The van der Waals surface area contributed by atoms with Crippen molar-refractivity contribution in [2.45, 2.75) is 31.2 Å². The molecule has 4 heteroatoms. The Labute approximate surface area is 155 Å². The molecule has 2 aromatic carbocycles. The van der Waals surface area contributed by atoms with Gasteiger partial charge in [0.2, 0.25) is 5.91 Å². The summed E-state index contributed by atoms with van der Waals surface area (Å²) < 4.78 is 0. The summed E-state index contributed by atoms with van der Waals surface area (Å²) in [5.41, 5.74) is 3.02. The van der Waals surface area contributed by atoms with Gasteiger partial charge in [0.15, 0.2) is 0 Å². The quantitative estimate of drug-likeness (QED) is 0.788. The SMILES string of the molecule is CN(Cc1ccc(N(C)C)cc1)C(=O)C1(c2ccc(Cl)cc2)CCC1. The summed E-state index contributed by atoms with van der Waals surface area (Å²) in [6.45, 7) is 0.627. The average molecular weight is 357 g/mol. The summed E-state index contributed by atoms with van der Waals surface area (Å²) >= 11 is 6.01. The second-order valence-corrected chi connectivity index (χ2v) is 7.60. The van der Waals surface area contributed by atoms with Crippen LogP contribution in [0.1, 0.15) is 30.4 Å². The molecule has 1 fully saturated rings. The number of nitrogens with zero attached hydrogens (tertiary/aromatic N) is 2. The molecule has 0 unspecified atom stereocenters. The third kappa shape index (κ3) is 3.52. The van der Waals surface area contributed by atoms with E-state index in [9.17, 15) is 4.79 Å². The first-order chi connectivity index (χ1) is 11.9. The normalized spacial score (nSPS) is 15.4. The Morgan fingerprint density at radius 1 is 1.00 bits per heavy atom. The van der Waals surface area contributed by atoms with Gasteiger partial charge in [0.25, 0.3) is 0 Å². The van der Waals surface area contributed by atoms with Crippen molar-refractivity contribution in [2.24, 2.45) is 0 Å². The summed E-state index contributed by atoms with van der Waals surface area (Å²) in [6.07, 6.45) is 2.93. The number of hydrogen-bond donors (Lipinski definition) is 0. The number of benzene rings is 2. The van der Waals surface area contributed by atoms with Crippen molar-refractivity contribution >= 4 is 23.2 Å². The largest absolute Gasteiger partial charge is 0.378 e. The lowest BCUT2D eigenvalue weighted by Gasteiger charge is -2.43. The summed E-state index contributed by atoms with van der Waals surface area (Å²) in [5.74, 6) is 0.206. The minimum atomic E-state index is -0.372. The highest BCUT2D eigenvalue weighted by atomic mass is 35.5. The van der Waals surface area contributed by atoms with Crippen molar-refractivity contribution in [2.75, 3.05) is 26.0 Å². The molecule has 3 rings (SSSR count). The van der Waals surface area contributed by atoms with Crippen LogP contribution in [0.15, 0.2) is 48.5 Å². The zero-order valence-electron chi connectivity index (χ0n) is 15.1. The van der Waals surface area contributed by atoms with Gasteiger partial charge in [0.05, 0.1) is 5.41 Å². The predicted molar refractivity (Wildman–Crippen MR) is 104 cm³/mol. The standard InChI is InChI=1S/C21H25ClN2O/c1-23(2)19-11-5-16(6-12-19)15-24(3)20(25)21(13-4-14-21)17-7-9-18(22)10-8-17/h5-12H,4,13-15H2,1-3H3. The summed E-state index contributed by atoms with van der Waals surface area (Å²) in [7, 11) is 5.95. The van der Waals surface area contributed by atoms with E-state index in [0.29, 0.717) is 11.6 Å². The van der Waals surface area contributed by atoms with Crippen LogP contribution in [0.5, 0.6) is 0 Å². The first-order valence-electron chi connectivity index (χ1n) is 8.70. The molecule has 0 atom stereocenters. The molecule has 0 aromatic heterocycles. The van der Waals surface area contributed by atoms with Gasteiger partial charge in [-0.05, 0) is 48.2 Å². The Morgan fingerprint density at radius 3 is 2.08 bits per heavy atom. The molecule has 132 valence electrons. The van der Waals surface area contributed by atoms with Crippen molar-refractivity contribution in [1.82, 2.24) is 4.90 Å². The number of carbonyl (C=O) groups excluding carboxylic acids is 1. The first-order valence-corrected chi connectivity index (χ1v) is 9.08. The van der Waals surface area contributed by atoms with Crippen molar-refractivity contribution in [3.8, 4) is 0 Å². The van der Waals surface area contributed by atoms with Crippen LogP contribution >= 0.6 is 11.6 Å². The lowest BCUT2D eigenvalue weighted by molar-refractivity contribution is -0.140. The lowest BCUT2D eigenvalue weighted by atomic mass is 9.63. The van der Waals surface area contributed by atoms with E-state index in [1.165, 1.54) is 0 Å². The second-order valence-electron chi connectivity index (χ2n) is 7.16. The topological polar surface area (TPSA) is 23.6 Å². The van der Waals surface area contributed by atoms with Crippen LogP contribution in [0.25, 0.3) is 0 Å². The van der Waals surface area contributed by atoms with Crippen molar-refractivity contribution in [3.05, 3.63) is 64.7 Å². The van der Waals surface area contributed by atoms with Gasteiger partial charge in [-0.3, -0.25) is 4.79 Å². The van der Waals surface area contributed by atoms with E-state index < -0.39 is 0 Å². The molecule has 0 radical (unpaired) electrons. The van der Waals surface area contributed by atoms with Gasteiger partial charge in [-0.2, -0.15) is 0 Å². The predicted octanol–water partition coefficient (Wildman–Crippen LogP) is 4.49. The van der Waals surface area contributed by atoms with Crippen LogP contribution in [0.4, 0.5) is 5.69 Å². The molecular weight excluding hydrogens is 332 g/mol. The maximum atomic E-state index is 13.2. The molecule has 3 nitrogen and oxygen atoms in total. The molecule has 1 saturated carbocycles. The fourth-order valence-electron chi connectivity index (χ4n) is 3.54. The molecule has 1 aliphatic carbocycles. The maximum absolute atomic E-state index is 13.2. The molecule has 1 amide bonds. The molecule has 0 bridgehead atoms. The third-order valence-corrected chi connectivity index (χ3v) is 5.48. The monoisotopic (exact) mass is 356 g/mol. The summed E-state index contributed by atoms with van der Waals surface area (Å²) in [4.78, 5) is 17.1. The van der Waals surface area contributed by atoms with E-state index >= 15 is 0 Å². The van der Waals surface area contributed by atoms with Crippen LogP contribution in [0.3, 0.4) is 0 Å². The fraction of sp³-hybridized carbons (Fsp3) is 0.381. The number of hydrogen-bond acceptors (Lipinski definition) is 2. The van der Waals surface area contributed by atoms with Gasteiger partial charge in [-0.1, -0.05) is 42.3 Å². The number of rotatable bonds is 5.